The van der Waals surface area contributed by atoms with E-state index in [1.165, 1.54) is 11.1 Å². The smallest absolute Gasteiger partial charge is 0.0249 e. The van der Waals surface area contributed by atoms with Crippen molar-refractivity contribution < 1.29 is 0 Å². The normalized spacial score (nSPS) is 9.65. The van der Waals surface area contributed by atoms with Crippen molar-refractivity contribution in [3.05, 3.63) is 83.4 Å². The Bertz CT molecular complexity index is 604. The highest BCUT2D eigenvalue weighted by Gasteiger charge is 1.92. The molecule has 0 bridgehead atoms. The Labute approximate surface area is 122 Å². The summed E-state index contributed by atoms with van der Waals surface area (Å²) >= 11 is 0. The summed E-state index contributed by atoms with van der Waals surface area (Å²) in [5.74, 6) is 6.42. The zero-order chi connectivity index (χ0) is 14.2. The average Bonchev–Trinajstić information content (AvgIpc) is 2.52. The molecule has 0 N–H and O–H groups in total. The molecule has 0 aliphatic carbocycles. The lowest BCUT2D eigenvalue weighted by Crippen LogP contribution is -1.84. The van der Waals surface area contributed by atoms with Gasteiger partial charge in [-0.25, -0.2) is 0 Å². The topological polar surface area (TPSA) is 0 Å². The van der Waals surface area contributed by atoms with Crippen LogP contribution in [0, 0.1) is 11.8 Å². The van der Waals surface area contributed by atoms with Gasteiger partial charge in [-0.2, -0.15) is 0 Å². The third-order valence-corrected chi connectivity index (χ3v) is 3.30. The van der Waals surface area contributed by atoms with Crippen LogP contribution in [0.15, 0.2) is 61.2 Å². The zero-order valence-electron chi connectivity index (χ0n) is 12.0. The SMILES string of the molecule is C=CCCc1ccc(C#Cc2ccc(CC)cc2)cc1. The summed E-state index contributed by atoms with van der Waals surface area (Å²) in [6.07, 6.45) is 5.10. The first-order valence-electron chi connectivity index (χ1n) is 7.12. The van der Waals surface area contributed by atoms with E-state index < -0.39 is 0 Å². The third-order valence-electron chi connectivity index (χ3n) is 3.30. The van der Waals surface area contributed by atoms with Crippen molar-refractivity contribution in [1.82, 2.24) is 0 Å². The van der Waals surface area contributed by atoms with Gasteiger partial charge in [0.05, 0.1) is 0 Å². The van der Waals surface area contributed by atoms with Gasteiger partial charge >= 0.3 is 0 Å². The van der Waals surface area contributed by atoms with Gasteiger partial charge in [0, 0.05) is 11.1 Å². The van der Waals surface area contributed by atoms with E-state index in [0.717, 1.165) is 30.4 Å². The molecule has 0 unspecified atom stereocenters. The lowest BCUT2D eigenvalue weighted by molar-refractivity contribution is 1.00. The van der Waals surface area contributed by atoms with Gasteiger partial charge in [0.15, 0.2) is 0 Å². The lowest BCUT2D eigenvalue weighted by Gasteiger charge is -1.98. The molecule has 0 spiro atoms. The molecule has 0 saturated heterocycles. The van der Waals surface area contributed by atoms with E-state index in [-0.39, 0.29) is 0 Å². The van der Waals surface area contributed by atoms with Crippen molar-refractivity contribution in [1.29, 1.82) is 0 Å². The van der Waals surface area contributed by atoms with E-state index in [1.807, 2.05) is 6.08 Å². The van der Waals surface area contributed by atoms with Crippen molar-refractivity contribution in [2.24, 2.45) is 0 Å². The Morgan fingerprint density at radius 1 is 0.850 bits per heavy atom. The van der Waals surface area contributed by atoms with Gasteiger partial charge in [0.1, 0.15) is 0 Å². The molecule has 0 heteroatoms. The van der Waals surface area contributed by atoms with Crippen LogP contribution in [0.3, 0.4) is 0 Å². The van der Waals surface area contributed by atoms with E-state index in [0.29, 0.717) is 0 Å². The van der Waals surface area contributed by atoms with E-state index >= 15 is 0 Å². The summed E-state index contributed by atoms with van der Waals surface area (Å²) in [4.78, 5) is 0. The van der Waals surface area contributed by atoms with Crippen LogP contribution < -0.4 is 0 Å². The molecule has 2 rings (SSSR count). The predicted octanol–water partition coefficient (Wildman–Crippen LogP) is 4.77. The molecule has 0 aromatic heterocycles. The minimum atomic E-state index is 1.02. The van der Waals surface area contributed by atoms with Crippen LogP contribution in [0.25, 0.3) is 0 Å². The molecule has 0 aliphatic heterocycles. The first-order chi connectivity index (χ1) is 9.81. The molecule has 0 aliphatic rings. The minimum Gasteiger partial charge on any atom is -0.103 e. The molecule has 0 heterocycles. The van der Waals surface area contributed by atoms with Crippen LogP contribution in [0.5, 0.6) is 0 Å². The highest BCUT2D eigenvalue weighted by Crippen LogP contribution is 2.07. The molecular formula is C20H20. The third kappa shape index (κ3) is 4.14. The Kier molecular flexibility index (Phi) is 5.21. The fourth-order valence-electron chi connectivity index (χ4n) is 1.99. The van der Waals surface area contributed by atoms with Crippen LogP contribution in [0.4, 0.5) is 0 Å². The minimum absolute atomic E-state index is 1.02. The highest BCUT2D eigenvalue weighted by molar-refractivity contribution is 5.44. The Morgan fingerprint density at radius 3 is 1.80 bits per heavy atom. The van der Waals surface area contributed by atoms with Crippen molar-refractivity contribution in [3.63, 3.8) is 0 Å². The molecule has 0 nitrogen and oxygen atoms in total. The molecule has 2 aromatic rings. The maximum absolute atomic E-state index is 3.75. The Hall–Kier alpha value is -2.26. The number of hydrogen-bond acceptors (Lipinski definition) is 0. The summed E-state index contributed by atoms with van der Waals surface area (Å²) in [6.45, 7) is 5.91. The van der Waals surface area contributed by atoms with E-state index in [1.54, 1.807) is 0 Å². The van der Waals surface area contributed by atoms with Crippen molar-refractivity contribution in [2.45, 2.75) is 26.2 Å². The van der Waals surface area contributed by atoms with Crippen LogP contribution in [0.2, 0.25) is 0 Å². The van der Waals surface area contributed by atoms with E-state index in [4.69, 9.17) is 0 Å². The number of allylic oxidation sites excluding steroid dienone is 1. The number of benzene rings is 2. The van der Waals surface area contributed by atoms with Crippen molar-refractivity contribution in [2.75, 3.05) is 0 Å². The summed E-state index contributed by atoms with van der Waals surface area (Å²) in [6, 6.07) is 16.9. The number of rotatable bonds is 4. The van der Waals surface area contributed by atoms with Gasteiger partial charge in [-0.15, -0.1) is 6.58 Å². The van der Waals surface area contributed by atoms with Gasteiger partial charge in [0.25, 0.3) is 0 Å². The molecule has 100 valence electrons. The summed E-state index contributed by atoms with van der Waals surface area (Å²) < 4.78 is 0. The molecular weight excluding hydrogens is 240 g/mol. The number of hydrogen-bond donors (Lipinski definition) is 0. The van der Waals surface area contributed by atoms with E-state index in [2.05, 4.69) is 73.9 Å². The molecule has 20 heavy (non-hydrogen) atoms. The Morgan fingerprint density at radius 2 is 1.35 bits per heavy atom. The summed E-state index contributed by atoms with van der Waals surface area (Å²) in [7, 11) is 0. The van der Waals surface area contributed by atoms with Crippen LogP contribution in [-0.2, 0) is 12.8 Å². The lowest BCUT2D eigenvalue weighted by atomic mass is 10.1. The quantitative estimate of drug-likeness (QED) is 0.549. The Balaban J connectivity index is 2.05. The van der Waals surface area contributed by atoms with Crippen LogP contribution in [-0.4, -0.2) is 0 Å². The van der Waals surface area contributed by atoms with Crippen LogP contribution >= 0.6 is 0 Å². The van der Waals surface area contributed by atoms with Gasteiger partial charge < -0.3 is 0 Å². The fourth-order valence-corrected chi connectivity index (χ4v) is 1.99. The highest BCUT2D eigenvalue weighted by atomic mass is 14.0. The second kappa shape index (κ2) is 7.36. The predicted molar refractivity (Wildman–Crippen MR) is 86.8 cm³/mol. The second-order valence-corrected chi connectivity index (χ2v) is 4.82. The van der Waals surface area contributed by atoms with Gasteiger partial charge in [-0.1, -0.05) is 49.1 Å². The fraction of sp³-hybridized carbons (Fsp3) is 0.200. The molecule has 0 amide bonds. The molecule has 0 atom stereocenters. The molecule has 0 fully saturated rings. The maximum atomic E-state index is 3.75. The number of aryl methyl sites for hydroxylation is 2. The zero-order valence-corrected chi connectivity index (χ0v) is 12.0. The first kappa shape index (κ1) is 14.2. The molecule has 0 saturated carbocycles. The van der Waals surface area contributed by atoms with Gasteiger partial charge in [-0.05, 0) is 54.7 Å². The maximum Gasteiger partial charge on any atom is 0.0249 e. The van der Waals surface area contributed by atoms with E-state index in [9.17, 15) is 0 Å². The molecule has 0 radical (unpaired) electrons. The summed E-state index contributed by atoms with van der Waals surface area (Å²) in [5, 5.41) is 0. The summed E-state index contributed by atoms with van der Waals surface area (Å²) in [5.41, 5.74) is 4.81. The van der Waals surface area contributed by atoms with Gasteiger partial charge in [-0.3, -0.25) is 0 Å². The van der Waals surface area contributed by atoms with Crippen LogP contribution in [0.1, 0.15) is 35.6 Å². The van der Waals surface area contributed by atoms with Crippen molar-refractivity contribution >= 4 is 0 Å². The largest absolute Gasteiger partial charge is 0.103 e. The van der Waals surface area contributed by atoms with Gasteiger partial charge in [0.2, 0.25) is 0 Å². The van der Waals surface area contributed by atoms with Crippen molar-refractivity contribution in [3.8, 4) is 11.8 Å². The first-order valence-corrected chi connectivity index (χ1v) is 7.12. The average molecular weight is 260 g/mol. The second-order valence-electron chi connectivity index (χ2n) is 4.82. The standard InChI is InChI=1S/C20H20/c1-3-5-6-18-11-13-20(14-12-18)16-15-19-9-7-17(4-2)8-10-19/h3,7-14H,1,4-6H2,2H3. The molecule has 2 aromatic carbocycles. The monoisotopic (exact) mass is 260 g/mol.